The number of fused-ring (bicyclic) bond motifs is 1. The molecule has 0 bridgehead atoms. The van der Waals surface area contributed by atoms with Crippen LogP contribution in [0.25, 0.3) is 22.2 Å². The van der Waals surface area contributed by atoms with Crippen LogP contribution in [0, 0.1) is 5.82 Å². The van der Waals surface area contributed by atoms with E-state index in [0.717, 1.165) is 10.5 Å². The summed E-state index contributed by atoms with van der Waals surface area (Å²) in [5.74, 6) is -0.327. The van der Waals surface area contributed by atoms with Crippen molar-refractivity contribution in [2.45, 2.75) is 0 Å². The van der Waals surface area contributed by atoms with E-state index in [0.29, 0.717) is 22.3 Å². The number of para-hydroxylation sites is 1. The fourth-order valence-electron chi connectivity index (χ4n) is 2.25. The molecule has 1 amide bonds. The number of anilines is 1. The number of rotatable bonds is 2. The maximum Gasteiger partial charge on any atom is 0.411 e. The van der Waals surface area contributed by atoms with Crippen LogP contribution in [0.1, 0.15) is 0 Å². The van der Waals surface area contributed by atoms with E-state index in [2.05, 4.69) is 4.98 Å². The van der Waals surface area contributed by atoms with Crippen LogP contribution < -0.4 is 4.90 Å². The number of halogens is 1. The standard InChI is InChI=1S/C17H13FN2O2/c1-20(17(21)22)12-8-6-11(7-9-12)16-10-14(18)13-4-2-3-5-15(13)19-16/h2-10H,1H3,(H,21,22). The molecular weight excluding hydrogens is 283 g/mol. The molecule has 0 radical (unpaired) electrons. The molecule has 0 aliphatic heterocycles. The van der Waals surface area contributed by atoms with E-state index in [1.165, 1.54) is 13.1 Å². The van der Waals surface area contributed by atoms with E-state index in [4.69, 9.17) is 5.11 Å². The Kier molecular flexibility index (Phi) is 3.47. The van der Waals surface area contributed by atoms with Crippen molar-refractivity contribution < 1.29 is 14.3 Å². The van der Waals surface area contributed by atoms with Gasteiger partial charge in [-0.2, -0.15) is 0 Å². The normalized spacial score (nSPS) is 10.6. The average molecular weight is 296 g/mol. The molecule has 0 fully saturated rings. The van der Waals surface area contributed by atoms with Gasteiger partial charge in [0.2, 0.25) is 0 Å². The van der Waals surface area contributed by atoms with Gasteiger partial charge in [-0.15, -0.1) is 0 Å². The molecule has 0 spiro atoms. The molecule has 0 saturated heterocycles. The van der Waals surface area contributed by atoms with Crippen molar-refractivity contribution in [1.82, 2.24) is 4.98 Å². The Bertz CT molecular complexity index is 847. The maximum atomic E-state index is 14.1. The lowest BCUT2D eigenvalue weighted by atomic mass is 10.1. The monoisotopic (exact) mass is 296 g/mol. The van der Waals surface area contributed by atoms with Gasteiger partial charge in [-0.05, 0) is 24.3 Å². The number of aromatic nitrogens is 1. The predicted octanol–water partition coefficient (Wildman–Crippen LogP) is 4.16. The first-order chi connectivity index (χ1) is 10.6. The minimum absolute atomic E-state index is 0.327. The molecule has 1 heterocycles. The van der Waals surface area contributed by atoms with E-state index in [1.54, 1.807) is 42.5 Å². The van der Waals surface area contributed by atoms with E-state index >= 15 is 0 Å². The first-order valence-corrected chi connectivity index (χ1v) is 6.68. The Morgan fingerprint density at radius 2 is 1.82 bits per heavy atom. The maximum absolute atomic E-state index is 14.1. The van der Waals surface area contributed by atoms with Gasteiger partial charge in [-0.3, -0.25) is 4.90 Å². The highest BCUT2D eigenvalue weighted by atomic mass is 19.1. The largest absolute Gasteiger partial charge is 0.465 e. The molecule has 0 unspecified atom stereocenters. The number of hydrogen-bond acceptors (Lipinski definition) is 2. The van der Waals surface area contributed by atoms with Gasteiger partial charge in [0.15, 0.2) is 0 Å². The van der Waals surface area contributed by atoms with Gasteiger partial charge >= 0.3 is 6.09 Å². The lowest BCUT2D eigenvalue weighted by Gasteiger charge is -2.13. The van der Waals surface area contributed by atoms with Gasteiger partial charge in [-0.1, -0.05) is 24.3 Å². The van der Waals surface area contributed by atoms with Crippen molar-refractivity contribution in [1.29, 1.82) is 0 Å². The fourth-order valence-corrected chi connectivity index (χ4v) is 2.25. The van der Waals surface area contributed by atoms with Crippen LogP contribution in [0.3, 0.4) is 0 Å². The molecule has 110 valence electrons. The van der Waals surface area contributed by atoms with Gasteiger partial charge in [-0.25, -0.2) is 14.2 Å². The minimum atomic E-state index is -1.04. The van der Waals surface area contributed by atoms with Crippen LogP contribution in [0.2, 0.25) is 0 Å². The summed E-state index contributed by atoms with van der Waals surface area (Å²) < 4.78 is 14.1. The topological polar surface area (TPSA) is 53.4 Å². The molecule has 0 aliphatic rings. The van der Waals surface area contributed by atoms with Crippen molar-refractivity contribution in [2.75, 3.05) is 11.9 Å². The zero-order valence-corrected chi connectivity index (χ0v) is 11.8. The second-order valence-electron chi connectivity index (χ2n) is 4.89. The molecule has 0 saturated carbocycles. The van der Waals surface area contributed by atoms with Gasteiger partial charge in [0, 0.05) is 29.8 Å². The summed E-state index contributed by atoms with van der Waals surface area (Å²) in [5.41, 5.74) is 2.37. The molecular formula is C17H13FN2O2. The molecule has 1 aromatic heterocycles. The minimum Gasteiger partial charge on any atom is -0.465 e. The highest BCUT2D eigenvalue weighted by Gasteiger charge is 2.10. The van der Waals surface area contributed by atoms with E-state index < -0.39 is 6.09 Å². The summed E-state index contributed by atoms with van der Waals surface area (Å²) in [7, 11) is 1.46. The third-order valence-electron chi connectivity index (χ3n) is 3.50. The van der Waals surface area contributed by atoms with Gasteiger partial charge in [0.05, 0.1) is 11.2 Å². The van der Waals surface area contributed by atoms with Crippen LogP contribution in [0.4, 0.5) is 14.9 Å². The zero-order valence-electron chi connectivity index (χ0n) is 11.8. The Hall–Kier alpha value is -2.95. The molecule has 0 aliphatic carbocycles. The number of carboxylic acid groups (broad SMARTS) is 1. The third-order valence-corrected chi connectivity index (χ3v) is 3.50. The van der Waals surface area contributed by atoms with Crippen molar-refractivity contribution in [3.63, 3.8) is 0 Å². The quantitative estimate of drug-likeness (QED) is 0.772. The molecule has 3 aromatic rings. The first-order valence-electron chi connectivity index (χ1n) is 6.68. The lowest BCUT2D eigenvalue weighted by Crippen LogP contribution is -2.23. The van der Waals surface area contributed by atoms with Crippen LogP contribution >= 0.6 is 0 Å². The summed E-state index contributed by atoms with van der Waals surface area (Å²) in [6.45, 7) is 0. The van der Waals surface area contributed by atoms with Crippen molar-refractivity contribution in [2.24, 2.45) is 0 Å². The summed E-state index contributed by atoms with van der Waals surface area (Å²) in [5, 5.41) is 9.42. The number of nitrogens with zero attached hydrogens (tertiary/aromatic N) is 2. The van der Waals surface area contributed by atoms with E-state index in [1.807, 2.05) is 6.07 Å². The smallest absolute Gasteiger partial charge is 0.411 e. The van der Waals surface area contributed by atoms with Gasteiger partial charge in [0.1, 0.15) is 5.82 Å². The average Bonchev–Trinajstić information content (AvgIpc) is 2.54. The van der Waals surface area contributed by atoms with Gasteiger partial charge in [0.25, 0.3) is 0 Å². The van der Waals surface area contributed by atoms with Gasteiger partial charge < -0.3 is 5.11 Å². The molecule has 5 heteroatoms. The van der Waals surface area contributed by atoms with Crippen molar-refractivity contribution in [3.8, 4) is 11.3 Å². The molecule has 4 nitrogen and oxygen atoms in total. The highest BCUT2D eigenvalue weighted by Crippen LogP contribution is 2.25. The Morgan fingerprint density at radius 3 is 2.50 bits per heavy atom. The number of amides is 1. The second-order valence-corrected chi connectivity index (χ2v) is 4.89. The number of pyridine rings is 1. The van der Waals surface area contributed by atoms with Crippen molar-refractivity contribution >= 4 is 22.7 Å². The van der Waals surface area contributed by atoms with Crippen LogP contribution in [-0.4, -0.2) is 23.2 Å². The van der Waals surface area contributed by atoms with Crippen molar-refractivity contribution in [3.05, 3.63) is 60.4 Å². The summed E-state index contributed by atoms with van der Waals surface area (Å²) >= 11 is 0. The first kappa shape index (κ1) is 14.0. The van der Waals surface area contributed by atoms with Crippen LogP contribution in [0.15, 0.2) is 54.6 Å². The highest BCUT2D eigenvalue weighted by molar-refractivity contribution is 5.86. The number of carbonyl (C=O) groups is 1. The Labute approximate surface area is 126 Å². The third kappa shape index (κ3) is 2.48. The molecule has 3 rings (SSSR count). The molecule has 2 aromatic carbocycles. The number of benzene rings is 2. The second kappa shape index (κ2) is 5.44. The predicted molar refractivity (Wildman–Crippen MR) is 83.6 cm³/mol. The van der Waals surface area contributed by atoms with E-state index in [9.17, 15) is 9.18 Å². The molecule has 0 atom stereocenters. The summed E-state index contributed by atoms with van der Waals surface area (Å²) in [6, 6.07) is 15.2. The van der Waals surface area contributed by atoms with Crippen LogP contribution in [0.5, 0.6) is 0 Å². The lowest BCUT2D eigenvalue weighted by molar-refractivity contribution is 0.203. The molecule has 1 N–H and O–H groups in total. The SMILES string of the molecule is CN(C(=O)O)c1ccc(-c2cc(F)c3ccccc3n2)cc1. The Morgan fingerprint density at radius 1 is 1.14 bits per heavy atom. The van der Waals surface area contributed by atoms with E-state index in [-0.39, 0.29) is 5.82 Å². The summed E-state index contributed by atoms with van der Waals surface area (Å²) in [4.78, 5) is 16.5. The molecule has 22 heavy (non-hydrogen) atoms. The number of hydrogen-bond donors (Lipinski definition) is 1. The zero-order chi connectivity index (χ0) is 15.7. The fraction of sp³-hybridized carbons (Fsp3) is 0.0588. The Balaban J connectivity index is 2.02. The summed E-state index contributed by atoms with van der Waals surface area (Å²) in [6.07, 6.45) is -1.04. The van der Waals surface area contributed by atoms with Crippen LogP contribution in [-0.2, 0) is 0 Å².